The molecule has 0 unspecified atom stereocenters. The van der Waals surface area contributed by atoms with Crippen molar-refractivity contribution < 1.29 is 0 Å². The van der Waals surface area contributed by atoms with Gasteiger partial charge < -0.3 is 4.57 Å². The maximum atomic E-state index is 9.11. The highest BCUT2D eigenvalue weighted by Crippen LogP contribution is 2.28. The molecule has 1 aliphatic rings. The Morgan fingerprint density at radius 2 is 2.00 bits per heavy atom. The van der Waals surface area contributed by atoms with E-state index in [9.17, 15) is 0 Å². The average molecular weight is 237 g/mol. The van der Waals surface area contributed by atoms with Crippen LogP contribution in [-0.4, -0.2) is 9.55 Å². The minimum atomic E-state index is 0.508. The standard InChI is InChI=1S/C15H15N3/c1-18-10-17-14(9-16)15(18)13-7-6-11-4-2-3-5-12(11)8-13/h6-8,10H,2-5H2,1H3. The quantitative estimate of drug-likeness (QED) is 0.765. The van der Waals surface area contributed by atoms with Crippen LogP contribution in [-0.2, 0) is 19.9 Å². The van der Waals surface area contributed by atoms with Gasteiger partial charge in [0.05, 0.1) is 12.0 Å². The lowest BCUT2D eigenvalue weighted by Crippen LogP contribution is -2.03. The Balaban J connectivity index is 2.12. The summed E-state index contributed by atoms with van der Waals surface area (Å²) in [6.07, 6.45) is 6.61. The van der Waals surface area contributed by atoms with Crippen LogP contribution in [0.4, 0.5) is 0 Å². The van der Waals surface area contributed by atoms with Crippen molar-refractivity contribution in [2.75, 3.05) is 0 Å². The van der Waals surface area contributed by atoms with Crippen LogP contribution in [0.25, 0.3) is 11.3 Å². The zero-order chi connectivity index (χ0) is 12.5. The highest BCUT2D eigenvalue weighted by molar-refractivity contribution is 5.67. The monoisotopic (exact) mass is 237 g/mol. The third-order valence-electron chi connectivity index (χ3n) is 3.66. The van der Waals surface area contributed by atoms with Gasteiger partial charge in [-0.1, -0.05) is 12.1 Å². The molecule has 3 nitrogen and oxygen atoms in total. The molecular formula is C15H15N3. The molecule has 1 aromatic carbocycles. The molecule has 18 heavy (non-hydrogen) atoms. The summed E-state index contributed by atoms with van der Waals surface area (Å²) in [5, 5.41) is 9.11. The molecule has 1 aliphatic carbocycles. The van der Waals surface area contributed by atoms with Gasteiger partial charge in [0, 0.05) is 12.6 Å². The fraction of sp³-hybridized carbons (Fsp3) is 0.333. The van der Waals surface area contributed by atoms with E-state index in [-0.39, 0.29) is 0 Å². The molecule has 0 radical (unpaired) electrons. The summed E-state index contributed by atoms with van der Waals surface area (Å²) in [5.41, 5.74) is 5.43. The van der Waals surface area contributed by atoms with Crippen molar-refractivity contribution in [1.29, 1.82) is 5.26 Å². The van der Waals surface area contributed by atoms with E-state index < -0.39 is 0 Å². The molecule has 0 bridgehead atoms. The normalized spacial score (nSPS) is 14.0. The van der Waals surface area contributed by atoms with E-state index in [4.69, 9.17) is 5.26 Å². The van der Waals surface area contributed by atoms with Gasteiger partial charge in [0.15, 0.2) is 5.69 Å². The summed E-state index contributed by atoms with van der Waals surface area (Å²) < 4.78 is 1.92. The second kappa shape index (κ2) is 4.30. The number of aromatic nitrogens is 2. The van der Waals surface area contributed by atoms with E-state index in [0.29, 0.717) is 5.69 Å². The number of hydrogen-bond acceptors (Lipinski definition) is 2. The first-order valence-electron chi connectivity index (χ1n) is 6.33. The molecular weight excluding hydrogens is 222 g/mol. The highest BCUT2D eigenvalue weighted by Gasteiger charge is 2.14. The van der Waals surface area contributed by atoms with Crippen molar-refractivity contribution in [2.24, 2.45) is 7.05 Å². The maximum Gasteiger partial charge on any atom is 0.166 e. The first-order valence-corrected chi connectivity index (χ1v) is 6.33. The number of fused-ring (bicyclic) bond motifs is 1. The predicted octanol–water partition coefficient (Wildman–Crippen LogP) is 2.84. The molecule has 1 aromatic heterocycles. The maximum absolute atomic E-state index is 9.11. The van der Waals surface area contributed by atoms with Gasteiger partial charge in [0.1, 0.15) is 6.07 Å². The summed E-state index contributed by atoms with van der Waals surface area (Å²) >= 11 is 0. The van der Waals surface area contributed by atoms with Gasteiger partial charge in [-0.2, -0.15) is 5.26 Å². The first-order chi connectivity index (χ1) is 8.79. The molecule has 1 heterocycles. The Labute approximate surface area is 107 Å². The fourth-order valence-electron chi connectivity index (χ4n) is 2.73. The third-order valence-corrected chi connectivity index (χ3v) is 3.66. The van der Waals surface area contributed by atoms with Gasteiger partial charge in [-0.25, -0.2) is 4.98 Å². The molecule has 0 atom stereocenters. The smallest absolute Gasteiger partial charge is 0.166 e. The lowest BCUT2D eigenvalue weighted by Gasteiger charge is -2.16. The molecule has 0 saturated carbocycles. The molecule has 0 aliphatic heterocycles. The average Bonchev–Trinajstić information content (AvgIpc) is 2.79. The van der Waals surface area contributed by atoms with Crippen LogP contribution < -0.4 is 0 Å². The highest BCUT2D eigenvalue weighted by atomic mass is 15.0. The van der Waals surface area contributed by atoms with Crippen molar-refractivity contribution in [1.82, 2.24) is 9.55 Å². The number of imidazole rings is 1. The summed E-state index contributed by atoms with van der Waals surface area (Å²) in [6.45, 7) is 0. The van der Waals surface area contributed by atoms with Crippen molar-refractivity contribution in [3.8, 4) is 17.3 Å². The van der Waals surface area contributed by atoms with Gasteiger partial charge in [-0.3, -0.25) is 0 Å². The number of hydrogen-bond donors (Lipinski definition) is 0. The molecule has 0 spiro atoms. The van der Waals surface area contributed by atoms with Gasteiger partial charge in [-0.05, 0) is 42.9 Å². The second-order valence-electron chi connectivity index (χ2n) is 4.86. The summed E-state index contributed by atoms with van der Waals surface area (Å²) in [7, 11) is 1.93. The molecule has 2 aromatic rings. The number of rotatable bonds is 1. The van der Waals surface area contributed by atoms with E-state index in [2.05, 4.69) is 29.3 Å². The van der Waals surface area contributed by atoms with Gasteiger partial charge in [0.2, 0.25) is 0 Å². The number of nitriles is 1. The third kappa shape index (κ3) is 1.70. The SMILES string of the molecule is Cn1cnc(C#N)c1-c1ccc2c(c1)CCCC2. The number of nitrogens with zero attached hydrogens (tertiary/aromatic N) is 3. The Hall–Kier alpha value is -2.08. The number of aryl methyl sites for hydroxylation is 3. The van der Waals surface area contributed by atoms with Crippen LogP contribution >= 0.6 is 0 Å². The molecule has 3 rings (SSSR count). The topological polar surface area (TPSA) is 41.6 Å². The van der Waals surface area contributed by atoms with Crippen LogP contribution in [0.5, 0.6) is 0 Å². The van der Waals surface area contributed by atoms with Crippen molar-refractivity contribution in [2.45, 2.75) is 25.7 Å². The summed E-state index contributed by atoms with van der Waals surface area (Å²) in [4.78, 5) is 4.12. The Bertz CT molecular complexity index is 632. The van der Waals surface area contributed by atoms with Crippen LogP contribution in [0.1, 0.15) is 29.7 Å². The summed E-state index contributed by atoms with van der Waals surface area (Å²) in [5.74, 6) is 0. The molecule has 3 heteroatoms. The first kappa shape index (κ1) is 11.0. The zero-order valence-electron chi connectivity index (χ0n) is 10.5. The van der Waals surface area contributed by atoms with Crippen LogP contribution in [0.15, 0.2) is 24.5 Å². The lowest BCUT2D eigenvalue weighted by atomic mass is 9.90. The van der Waals surface area contributed by atoms with Crippen LogP contribution in [0.2, 0.25) is 0 Å². The van der Waals surface area contributed by atoms with E-state index in [1.165, 1.54) is 30.4 Å². The van der Waals surface area contributed by atoms with Gasteiger partial charge in [0.25, 0.3) is 0 Å². The predicted molar refractivity (Wildman–Crippen MR) is 70.0 cm³/mol. The minimum absolute atomic E-state index is 0.508. The molecule has 0 amide bonds. The van der Waals surface area contributed by atoms with E-state index in [1.807, 2.05) is 11.6 Å². The van der Waals surface area contributed by atoms with Crippen molar-refractivity contribution in [3.05, 3.63) is 41.3 Å². The van der Waals surface area contributed by atoms with Crippen LogP contribution in [0.3, 0.4) is 0 Å². The zero-order valence-corrected chi connectivity index (χ0v) is 10.5. The van der Waals surface area contributed by atoms with Crippen molar-refractivity contribution in [3.63, 3.8) is 0 Å². The van der Waals surface area contributed by atoms with E-state index in [0.717, 1.165) is 17.7 Å². The Morgan fingerprint density at radius 3 is 2.78 bits per heavy atom. The van der Waals surface area contributed by atoms with Gasteiger partial charge in [-0.15, -0.1) is 0 Å². The second-order valence-corrected chi connectivity index (χ2v) is 4.86. The minimum Gasteiger partial charge on any atom is -0.333 e. The fourth-order valence-corrected chi connectivity index (χ4v) is 2.73. The van der Waals surface area contributed by atoms with E-state index in [1.54, 1.807) is 6.33 Å². The lowest BCUT2D eigenvalue weighted by molar-refractivity contribution is 0.686. The molecule has 0 fully saturated rings. The van der Waals surface area contributed by atoms with Gasteiger partial charge >= 0.3 is 0 Å². The van der Waals surface area contributed by atoms with Crippen molar-refractivity contribution >= 4 is 0 Å². The van der Waals surface area contributed by atoms with Crippen LogP contribution in [0, 0.1) is 11.3 Å². The Morgan fingerprint density at radius 1 is 1.22 bits per heavy atom. The Kier molecular flexibility index (Phi) is 2.64. The molecule has 0 saturated heterocycles. The molecule has 90 valence electrons. The van der Waals surface area contributed by atoms with E-state index >= 15 is 0 Å². The number of benzene rings is 1. The largest absolute Gasteiger partial charge is 0.333 e. The summed E-state index contributed by atoms with van der Waals surface area (Å²) in [6, 6.07) is 8.71. The molecule has 0 N–H and O–H groups in total.